The fourth-order valence-corrected chi connectivity index (χ4v) is 3.48. The molecular formula is C26H48O. The zero-order chi connectivity index (χ0) is 21.0. The predicted octanol–water partition coefficient (Wildman–Crippen LogP) is 9.01. The maximum atomic E-state index is 6.22. The summed E-state index contributed by atoms with van der Waals surface area (Å²) in [6.07, 6.45) is 12.7. The average Bonchev–Trinajstić information content (AvgIpc) is 2.52. The molecule has 0 saturated carbocycles. The first-order valence-electron chi connectivity index (χ1n) is 11.1. The maximum Gasteiger partial charge on any atom is 0.103 e. The van der Waals surface area contributed by atoms with Gasteiger partial charge in [-0.25, -0.2) is 0 Å². The minimum atomic E-state index is -0.0973. The lowest BCUT2D eigenvalue weighted by Crippen LogP contribution is -2.24. The molecule has 2 atom stereocenters. The number of ether oxygens (including phenoxy) is 1. The van der Waals surface area contributed by atoms with Crippen LogP contribution in [0.4, 0.5) is 0 Å². The highest BCUT2D eigenvalue weighted by Gasteiger charge is 2.20. The summed E-state index contributed by atoms with van der Waals surface area (Å²) in [5.41, 5.74) is 3.62. The van der Waals surface area contributed by atoms with E-state index in [0.717, 1.165) is 29.6 Å². The van der Waals surface area contributed by atoms with Crippen LogP contribution in [0.1, 0.15) is 114 Å². The molecule has 0 aliphatic rings. The van der Waals surface area contributed by atoms with Crippen LogP contribution in [0.2, 0.25) is 0 Å². The van der Waals surface area contributed by atoms with Gasteiger partial charge in [-0.15, -0.1) is 0 Å². The molecule has 0 spiro atoms. The number of hydrogen-bond acceptors (Lipinski definition) is 1. The second kappa shape index (κ2) is 13.2. The summed E-state index contributed by atoms with van der Waals surface area (Å²) in [4.78, 5) is 0. The highest BCUT2D eigenvalue weighted by atomic mass is 16.5. The van der Waals surface area contributed by atoms with Crippen LogP contribution in [0.3, 0.4) is 0 Å². The van der Waals surface area contributed by atoms with E-state index in [4.69, 9.17) is 4.74 Å². The first kappa shape index (κ1) is 26.0. The maximum absolute atomic E-state index is 6.22. The Bertz CT molecular complexity index is 488. The third-order valence-electron chi connectivity index (χ3n) is 5.68. The smallest absolute Gasteiger partial charge is 0.103 e. The van der Waals surface area contributed by atoms with Crippen LogP contribution in [-0.4, -0.2) is 5.60 Å². The zero-order valence-electron chi connectivity index (χ0n) is 20.0. The first-order chi connectivity index (χ1) is 12.4. The molecule has 0 aliphatic heterocycles. The van der Waals surface area contributed by atoms with Crippen molar-refractivity contribution in [2.75, 3.05) is 0 Å². The van der Waals surface area contributed by atoms with Crippen LogP contribution in [0, 0.1) is 11.8 Å². The summed E-state index contributed by atoms with van der Waals surface area (Å²) in [6.45, 7) is 23.8. The van der Waals surface area contributed by atoms with Gasteiger partial charge in [0.2, 0.25) is 0 Å². The summed E-state index contributed by atoms with van der Waals surface area (Å²) in [6, 6.07) is 0. The van der Waals surface area contributed by atoms with E-state index in [1.54, 1.807) is 0 Å². The lowest BCUT2D eigenvalue weighted by atomic mass is 9.91. The second-order valence-corrected chi connectivity index (χ2v) is 9.72. The van der Waals surface area contributed by atoms with E-state index >= 15 is 0 Å². The minimum absolute atomic E-state index is 0.0973. The van der Waals surface area contributed by atoms with Gasteiger partial charge in [0.25, 0.3) is 0 Å². The van der Waals surface area contributed by atoms with Crippen molar-refractivity contribution in [1.29, 1.82) is 0 Å². The van der Waals surface area contributed by atoms with Gasteiger partial charge >= 0.3 is 0 Å². The van der Waals surface area contributed by atoms with Crippen LogP contribution in [0.5, 0.6) is 0 Å². The van der Waals surface area contributed by atoms with Gasteiger partial charge in [-0.3, -0.25) is 0 Å². The molecule has 0 fully saturated rings. The molecule has 158 valence electrons. The molecule has 0 aromatic heterocycles. The standard InChI is InChI=1S/C26H48O/c1-20(2)14-11-15-22(5)16-12-17-23(6)18-13-19-26(9,10)27-25(8)24(7)21(3)4/h14,22-23H,3,11-13,15-19H2,1-2,4-10H3. The van der Waals surface area contributed by atoms with Crippen molar-refractivity contribution in [3.05, 3.63) is 35.1 Å². The summed E-state index contributed by atoms with van der Waals surface area (Å²) < 4.78 is 6.22. The van der Waals surface area contributed by atoms with E-state index in [2.05, 4.69) is 68.0 Å². The molecule has 0 bridgehead atoms. The summed E-state index contributed by atoms with van der Waals surface area (Å²) in [5, 5.41) is 0. The molecule has 0 rings (SSSR count). The Hall–Kier alpha value is -0.980. The van der Waals surface area contributed by atoms with E-state index in [9.17, 15) is 0 Å². The molecule has 0 saturated heterocycles. The Morgan fingerprint density at radius 3 is 1.93 bits per heavy atom. The van der Waals surface area contributed by atoms with Gasteiger partial charge in [0.15, 0.2) is 0 Å². The van der Waals surface area contributed by atoms with E-state index in [0.29, 0.717) is 0 Å². The Morgan fingerprint density at radius 1 is 0.889 bits per heavy atom. The van der Waals surface area contributed by atoms with Crippen molar-refractivity contribution in [2.24, 2.45) is 11.8 Å². The number of rotatable bonds is 14. The Kier molecular flexibility index (Phi) is 12.8. The molecule has 0 heterocycles. The molecule has 0 amide bonds. The van der Waals surface area contributed by atoms with Crippen molar-refractivity contribution in [2.45, 2.75) is 119 Å². The molecular weight excluding hydrogens is 328 g/mol. The molecule has 1 heteroatoms. The van der Waals surface area contributed by atoms with Crippen molar-refractivity contribution in [3.8, 4) is 0 Å². The Balaban J connectivity index is 4.04. The largest absolute Gasteiger partial charge is 0.492 e. The normalized spacial score (nSPS) is 15.0. The van der Waals surface area contributed by atoms with Crippen molar-refractivity contribution >= 4 is 0 Å². The third kappa shape index (κ3) is 13.8. The van der Waals surface area contributed by atoms with Crippen LogP contribution < -0.4 is 0 Å². The van der Waals surface area contributed by atoms with Crippen molar-refractivity contribution < 1.29 is 4.74 Å². The zero-order valence-corrected chi connectivity index (χ0v) is 20.0. The van der Waals surface area contributed by atoms with Crippen LogP contribution in [0.15, 0.2) is 35.1 Å². The molecule has 0 N–H and O–H groups in total. The fourth-order valence-electron chi connectivity index (χ4n) is 3.48. The van der Waals surface area contributed by atoms with Gasteiger partial charge in [0, 0.05) is 0 Å². The van der Waals surface area contributed by atoms with Gasteiger partial charge in [0.05, 0.1) is 5.76 Å². The monoisotopic (exact) mass is 376 g/mol. The van der Waals surface area contributed by atoms with Crippen LogP contribution in [0.25, 0.3) is 0 Å². The summed E-state index contributed by atoms with van der Waals surface area (Å²) >= 11 is 0. The molecule has 2 unspecified atom stereocenters. The van der Waals surface area contributed by atoms with E-state index in [-0.39, 0.29) is 5.60 Å². The number of allylic oxidation sites excluding steroid dienone is 5. The van der Waals surface area contributed by atoms with Gasteiger partial charge in [-0.05, 0) is 91.6 Å². The second-order valence-electron chi connectivity index (χ2n) is 9.72. The predicted molar refractivity (Wildman–Crippen MR) is 123 cm³/mol. The molecule has 27 heavy (non-hydrogen) atoms. The highest BCUT2D eigenvalue weighted by molar-refractivity contribution is 5.26. The number of hydrogen-bond donors (Lipinski definition) is 0. The van der Waals surface area contributed by atoms with Crippen molar-refractivity contribution in [3.63, 3.8) is 0 Å². The Labute approximate surface area is 171 Å². The quantitative estimate of drug-likeness (QED) is 0.167. The molecule has 0 aliphatic carbocycles. The molecule has 0 aromatic carbocycles. The first-order valence-corrected chi connectivity index (χ1v) is 11.1. The van der Waals surface area contributed by atoms with Gasteiger partial charge in [-0.1, -0.05) is 63.3 Å². The molecule has 1 nitrogen and oxygen atoms in total. The van der Waals surface area contributed by atoms with Crippen LogP contribution in [-0.2, 0) is 4.74 Å². The Morgan fingerprint density at radius 2 is 1.41 bits per heavy atom. The van der Waals surface area contributed by atoms with E-state index in [1.807, 2.05) is 6.92 Å². The third-order valence-corrected chi connectivity index (χ3v) is 5.68. The minimum Gasteiger partial charge on any atom is -0.492 e. The van der Waals surface area contributed by atoms with E-state index in [1.165, 1.54) is 56.1 Å². The van der Waals surface area contributed by atoms with Gasteiger partial charge in [-0.2, -0.15) is 0 Å². The van der Waals surface area contributed by atoms with Gasteiger partial charge in [0.1, 0.15) is 5.60 Å². The summed E-state index contributed by atoms with van der Waals surface area (Å²) in [7, 11) is 0. The average molecular weight is 377 g/mol. The van der Waals surface area contributed by atoms with Crippen LogP contribution >= 0.6 is 0 Å². The van der Waals surface area contributed by atoms with Gasteiger partial charge < -0.3 is 4.74 Å². The van der Waals surface area contributed by atoms with E-state index < -0.39 is 0 Å². The topological polar surface area (TPSA) is 9.23 Å². The highest BCUT2D eigenvalue weighted by Crippen LogP contribution is 2.27. The lowest BCUT2D eigenvalue weighted by molar-refractivity contribution is 0.0240. The summed E-state index contributed by atoms with van der Waals surface area (Å²) in [5.74, 6) is 2.69. The SMILES string of the molecule is C=C(C)C(C)=C(C)OC(C)(C)CCCC(C)CCCC(C)CCC=C(C)C. The molecule has 0 aromatic rings. The fraction of sp³-hybridized carbons (Fsp3) is 0.769. The van der Waals surface area contributed by atoms with Crippen molar-refractivity contribution in [1.82, 2.24) is 0 Å². The lowest BCUT2D eigenvalue weighted by Gasteiger charge is -2.28. The molecule has 0 radical (unpaired) electrons.